The Labute approximate surface area is 97.0 Å². The minimum Gasteiger partial charge on any atom is -0.393 e. The minimum absolute atomic E-state index is 0.274. The molecule has 1 atom stereocenters. The van der Waals surface area contributed by atoms with Crippen molar-refractivity contribution < 1.29 is 5.11 Å². The maximum absolute atomic E-state index is 9.72. The Balaban J connectivity index is 2.78. The highest BCUT2D eigenvalue weighted by molar-refractivity contribution is 5.86. The van der Waals surface area contributed by atoms with Crippen molar-refractivity contribution in [3.8, 4) is 0 Å². The number of benzene rings is 1. The molecule has 0 aliphatic carbocycles. The largest absolute Gasteiger partial charge is 0.393 e. The molecule has 88 valence electrons. The van der Waals surface area contributed by atoms with Crippen LogP contribution in [0.1, 0.15) is 30.9 Å². The quantitative estimate of drug-likeness (QED) is 0.645. The average Bonchev–Trinajstić information content (AvgIpc) is 2.29. The lowest BCUT2D eigenvalue weighted by Crippen LogP contribution is -2.10. The number of anilines is 1. The van der Waals surface area contributed by atoms with Gasteiger partial charge in [0, 0.05) is 24.5 Å². The van der Waals surface area contributed by atoms with Crippen molar-refractivity contribution >= 4 is 11.9 Å². The first-order chi connectivity index (χ1) is 7.71. The third-order valence-electron chi connectivity index (χ3n) is 2.63. The van der Waals surface area contributed by atoms with Crippen LogP contribution in [0, 0.1) is 5.41 Å². The number of aliphatic hydroxyl groups excluding tert-OH is 1. The molecule has 1 aromatic rings. The molecule has 16 heavy (non-hydrogen) atoms. The predicted octanol–water partition coefficient (Wildman–Crippen LogP) is 2.43. The third-order valence-corrected chi connectivity index (χ3v) is 2.63. The number of rotatable bonds is 6. The van der Waals surface area contributed by atoms with Crippen LogP contribution >= 0.6 is 0 Å². The maximum Gasteiger partial charge on any atom is 0.0580 e. The van der Waals surface area contributed by atoms with Crippen molar-refractivity contribution in [1.29, 1.82) is 5.41 Å². The Morgan fingerprint density at radius 2 is 2.25 bits per heavy atom. The van der Waals surface area contributed by atoms with Crippen molar-refractivity contribution in [1.82, 2.24) is 0 Å². The second kappa shape index (κ2) is 6.28. The zero-order chi connectivity index (χ0) is 12.0. The molecular formula is C13H20N2O. The number of nitrogens with one attached hydrogen (secondary N) is 2. The van der Waals surface area contributed by atoms with Crippen LogP contribution in [0.2, 0.25) is 0 Å². The summed E-state index contributed by atoms with van der Waals surface area (Å²) in [4.78, 5) is 0. The molecule has 1 unspecified atom stereocenters. The fourth-order valence-corrected chi connectivity index (χ4v) is 1.79. The average molecular weight is 220 g/mol. The smallest absolute Gasteiger partial charge is 0.0580 e. The van der Waals surface area contributed by atoms with E-state index in [1.165, 1.54) is 6.21 Å². The first-order valence-electron chi connectivity index (χ1n) is 5.70. The van der Waals surface area contributed by atoms with Crippen LogP contribution in [0.3, 0.4) is 0 Å². The van der Waals surface area contributed by atoms with Crippen LogP contribution in [-0.2, 0) is 6.42 Å². The molecule has 0 radical (unpaired) electrons. The van der Waals surface area contributed by atoms with Gasteiger partial charge in [0.25, 0.3) is 0 Å². The van der Waals surface area contributed by atoms with Gasteiger partial charge >= 0.3 is 0 Å². The van der Waals surface area contributed by atoms with Crippen molar-refractivity contribution in [3.05, 3.63) is 29.3 Å². The van der Waals surface area contributed by atoms with E-state index in [-0.39, 0.29) is 6.10 Å². The topological polar surface area (TPSA) is 56.1 Å². The van der Waals surface area contributed by atoms with Gasteiger partial charge in [0.15, 0.2) is 0 Å². The van der Waals surface area contributed by atoms with E-state index in [1.54, 1.807) is 0 Å². The third kappa shape index (κ3) is 3.35. The zero-order valence-electron chi connectivity index (χ0n) is 9.96. The lowest BCUT2D eigenvalue weighted by Gasteiger charge is -2.11. The lowest BCUT2D eigenvalue weighted by molar-refractivity contribution is 0.164. The summed E-state index contributed by atoms with van der Waals surface area (Å²) in [6.45, 7) is 2.07. The summed E-state index contributed by atoms with van der Waals surface area (Å²) in [6.07, 6.45) is 3.55. The minimum atomic E-state index is -0.274. The zero-order valence-corrected chi connectivity index (χ0v) is 9.96. The summed E-state index contributed by atoms with van der Waals surface area (Å²) >= 11 is 0. The molecule has 0 saturated heterocycles. The first kappa shape index (κ1) is 12.7. The predicted molar refractivity (Wildman–Crippen MR) is 68.5 cm³/mol. The van der Waals surface area contributed by atoms with Gasteiger partial charge in [-0.25, -0.2) is 0 Å². The van der Waals surface area contributed by atoms with E-state index >= 15 is 0 Å². The summed E-state index contributed by atoms with van der Waals surface area (Å²) in [5, 5.41) is 20.1. The molecule has 0 aromatic heterocycles. The second-order valence-electron chi connectivity index (χ2n) is 3.96. The Bertz CT molecular complexity index is 350. The van der Waals surface area contributed by atoms with E-state index < -0.39 is 0 Å². The van der Waals surface area contributed by atoms with E-state index in [0.29, 0.717) is 6.42 Å². The Morgan fingerprint density at radius 3 is 2.81 bits per heavy atom. The van der Waals surface area contributed by atoms with Crippen LogP contribution in [0.4, 0.5) is 5.69 Å². The molecule has 3 N–H and O–H groups in total. The number of hydrogen-bond donors (Lipinski definition) is 3. The van der Waals surface area contributed by atoms with E-state index in [2.05, 4.69) is 12.2 Å². The van der Waals surface area contributed by atoms with Crippen LogP contribution in [0.5, 0.6) is 0 Å². The second-order valence-corrected chi connectivity index (χ2v) is 3.96. The Kier molecular flexibility index (Phi) is 4.99. The summed E-state index contributed by atoms with van der Waals surface area (Å²) in [5.74, 6) is 0. The molecule has 1 rings (SSSR count). The van der Waals surface area contributed by atoms with E-state index in [0.717, 1.165) is 29.7 Å². The summed E-state index contributed by atoms with van der Waals surface area (Å²) in [5.41, 5.74) is 2.89. The van der Waals surface area contributed by atoms with E-state index in [4.69, 9.17) is 5.41 Å². The van der Waals surface area contributed by atoms with Gasteiger partial charge in [-0.2, -0.15) is 0 Å². The summed E-state index contributed by atoms with van der Waals surface area (Å²) < 4.78 is 0. The molecular weight excluding hydrogens is 200 g/mol. The van der Waals surface area contributed by atoms with Gasteiger partial charge in [-0.3, -0.25) is 0 Å². The molecule has 0 aliphatic rings. The van der Waals surface area contributed by atoms with Gasteiger partial charge in [-0.05, 0) is 30.5 Å². The molecule has 3 nitrogen and oxygen atoms in total. The molecule has 0 aliphatic heterocycles. The number of hydrogen-bond acceptors (Lipinski definition) is 3. The van der Waals surface area contributed by atoms with E-state index in [9.17, 15) is 5.11 Å². The van der Waals surface area contributed by atoms with Crippen LogP contribution in [-0.4, -0.2) is 24.5 Å². The van der Waals surface area contributed by atoms with Gasteiger partial charge in [-0.1, -0.05) is 19.4 Å². The molecule has 0 fully saturated rings. The standard InChI is InChI=1S/C13H20N2O/c1-3-4-12(16)8-10-5-6-13(15-2)11(7-10)9-14/h5-7,9,12,14-16H,3-4,8H2,1-2H3. The van der Waals surface area contributed by atoms with Crippen LogP contribution in [0.15, 0.2) is 18.2 Å². The molecule has 3 heteroatoms. The lowest BCUT2D eigenvalue weighted by atomic mass is 10.0. The summed E-state index contributed by atoms with van der Waals surface area (Å²) in [7, 11) is 1.84. The number of aliphatic hydroxyl groups is 1. The van der Waals surface area contributed by atoms with Crippen molar-refractivity contribution in [2.75, 3.05) is 12.4 Å². The Hall–Kier alpha value is -1.35. The monoisotopic (exact) mass is 220 g/mol. The maximum atomic E-state index is 9.72. The van der Waals surface area contributed by atoms with Crippen LogP contribution < -0.4 is 5.32 Å². The molecule has 0 spiro atoms. The van der Waals surface area contributed by atoms with Gasteiger partial charge in [0.1, 0.15) is 0 Å². The normalized spacial score (nSPS) is 12.2. The van der Waals surface area contributed by atoms with Crippen molar-refractivity contribution in [2.45, 2.75) is 32.3 Å². The van der Waals surface area contributed by atoms with Gasteiger partial charge in [0.05, 0.1) is 6.10 Å². The Morgan fingerprint density at radius 1 is 1.50 bits per heavy atom. The molecule has 0 bridgehead atoms. The fraction of sp³-hybridized carbons (Fsp3) is 0.462. The summed E-state index contributed by atoms with van der Waals surface area (Å²) in [6, 6.07) is 5.91. The van der Waals surface area contributed by atoms with Crippen molar-refractivity contribution in [3.63, 3.8) is 0 Å². The molecule has 0 heterocycles. The fourth-order valence-electron chi connectivity index (χ4n) is 1.79. The first-order valence-corrected chi connectivity index (χ1v) is 5.70. The van der Waals surface area contributed by atoms with Gasteiger partial charge < -0.3 is 15.8 Å². The SMILES string of the molecule is CCCC(O)Cc1ccc(NC)c(C=N)c1. The van der Waals surface area contributed by atoms with Gasteiger partial charge in [0.2, 0.25) is 0 Å². The van der Waals surface area contributed by atoms with E-state index in [1.807, 2.05) is 25.2 Å². The highest BCUT2D eigenvalue weighted by Gasteiger charge is 2.06. The highest BCUT2D eigenvalue weighted by Crippen LogP contribution is 2.17. The molecule has 0 amide bonds. The van der Waals surface area contributed by atoms with Gasteiger partial charge in [-0.15, -0.1) is 0 Å². The highest BCUT2D eigenvalue weighted by atomic mass is 16.3. The van der Waals surface area contributed by atoms with Crippen molar-refractivity contribution in [2.24, 2.45) is 0 Å². The van der Waals surface area contributed by atoms with Crippen LogP contribution in [0.25, 0.3) is 0 Å². The molecule has 1 aromatic carbocycles. The molecule has 0 saturated carbocycles.